The van der Waals surface area contributed by atoms with E-state index in [0.717, 1.165) is 24.2 Å². The van der Waals surface area contributed by atoms with Crippen molar-refractivity contribution in [3.05, 3.63) is 65.5 Å². The summed E-state index contributed by atoms with van der Waals surface area (Å²) in [7, 11) is 0. The molecule has 27 heavy (non-hydrogen) atoms. The molecule has 3 rings (SSSR count). The average molecular weight is 362 g/mol. The molecule has 0 saturated carbocycles. The number of nitrogens with one attached hydrogen (secondary N) is 2. The molecule has 0 aliphatic carbocycles. The number of carbonyl (C=O) groups excluding carboxylic acids is 1. The van der Waals surface area contributed by atoms with Crippen LogP contribution in [0.5, 0.6) is 0 Å². The highest BCUT2D eigenvalue weighted by molar-refractivity contribution is 5.90. The third kappa shape index (κ3) is 5.33. The van der Waals surface area contributed by atoms with Crippen LogP contribution in [0.25, 0.3) is 0 Å². The second-order valence-corrected chi connectivity index (χ2v) is 6.35. The quantitative estimate of drug-likeness (QED) is 0.561. The van der Waals surface area contributed by atoms with Crippen molar-refractivity contribution in [3.8, 4) is 11.8 Å². The first-order valence-corrected chi connectivity index (χ1v) is 8.83. The van der Waals surface area contributed by atoms with Crippen molar-refractivity contribution in [2.24, 2.45) is 0 Å². The van der Waals surface area contributed by atoms with Gasteiger partial charge in [-0.2, -0.15) is 0 Å². The highest BCUT2D eigenvalue weighted by Gasteiger charge is 2.18. The molecule has 1 aromatic heterocycles. The van der Waals surface area contributed by atoms with Gasteiger partial charge in [0, 0.05) is 24.5 Å². The van der Waals surface area contributed by atoms with Crippen LogP contribution >= 0.6 is 0 Å². The maximum Gasteiger partial charge on any atom is 0.321 e. The molecular formula is C21H22N4O2. The van der Waals surface area contributed by atoms with Crippen LogP contribution in [0.1, 0.15) is 24.2 Å². The molecule has 1 aliphatic rings. The Kier molecular flexibility index (Phi) is 6.08. The van der Waals surface area contributed by atoms with Crippen LogP contribution in [0.2, 0.25) is 0 Å². The second kappa shape index (κ2) is 8.88. The molecular weight excluding hydrogens is 340 g/mol. The maximum absolute atomic E-state index is 12.4. The fraction of sp³-hybridized carbons (Fsp3) is 0.238. The van der Waals surface area contributed by atoms with Gasteiger partial charge >= 0.3 is 6.03 Å². The Labute approximate surface area is 158 Å². The van der Waals surface area contributed by atoms with E-state index in [9.17, 15) is 4.79 Å². The molecule has 2 heterocycles. The van der Waals surface area contributed by atoms with E-state index >= 15 is 0 Å². The molecule has 0 bridgehead atoms. The molecule has 138 valence electrons. The minimum atomic E-state index is -0.140. The summed E-state index contributed by atoms with van der Waals surface area (Å²) in [5.41, 5.74) is 6.19. The number of hydrogen-bond donors (Lipinski definition) is 3. The van der Waals surface area contributed by atoms with Crippen molar-refractivity contribution in [2.45, 2.75) is 19.8 Å². The van der Waals surface area contributed by atoms with Gasteiger partial charge in [-0.25, -0.2) is 9.78 Å². The van der Waals surface area contributed by atoms with E-state index < -0.39 is 0 Å². The first-order chi connectivity index (χ1) is 13.1. The lowest BCUT2D eigenvalue weighted by molar-refractivity contribution is 0.207. The Balaban J connectivity index is 1.53. The van der Waals surface area contributed by atoms with Crippen LogP contribution in [0, 0.1) is 18.8 Å². The molecule has 1 saturated heterocycles. The molecule has 2 aromatic rings. The number of aryl methyl sites for hydroxylation is 1. The molecule has 0 radical (unpaired) electrons. The number of anilines is 2. The molecule has 6 heteroatoms. The monoisotopic (exact) mass is 362 g/mol. The van der Waals surface area contributed by atoms with Gasteiger partial charge in [-0.15, -0.1) is 0 Å². The summed E-state index contributed by atoms with van der Waals surface area (Å²) < 4.78 is 0. The number of benzene rings is 1. The van der Waals surface area contributed by atoms with Crippen LogP contribution in [0.15, 0.2) is 54.1 Å². The first-order valence-electron chi connectivity index (χ1n) is 8.83. The molecule has 1 aromatic carbocycles. The van der Waals surface area contributed by atoms with Gasteiger partial charge in [0.2, 0.25) is 0 Å². The van der Waals surface area contributed by atoms with Crippen LogP contribution in [0.4, 0.5) is 16.2 Å². The first kappa shape index (κ1) is 18.5. The van der Waals surface area contributed by atoms with Crippen molar-refractivity contribution >= 4 is 17.4 Å². The molecule has 0 spiro atoms. The minimum Gasteiger partial charge on any atom is -0.324 e. The minimum absolute atomic E-state index is 0.140. The summed E-state index contributed by atoms with van der Waals surface area (Å²) >= 11 is 0. The number of nitrogens with zero attached hydrogens (tertiary/aromatic N) is 2. The van der Waals surface area contributed by atoms with Crippen LogP contribution in [-0.2, 0) is 0 Å². The number of carbonyl (C=O) groups is 1. The highest BCUT2D eigenvalue weighted by Crippen LogP contribution is 2.18. The Morgan fingerprint density at radius 2 is 1.93 bits per heavy atom. The average Bonchev–Trinajstić information content (AvgIpc) is 2.69. The Hall–Kier alpha value is -3.30. The number of amides is 2. The third-order valence-corrected chi connectivity index (χ3v) is 4.30. The predicted molar refractivity (Wildman–Crippen MR) is 106 cm³/mol. The number of urea groups is 1. The number of pyridine rings is 1. The number of piperidine rings is 1. The SMILES string of the molecule is Cc1cccc(C#CC=C2CCN(C(=O)Nc3cccc(NO)c3)CC2)n1. The van der Waals surface area contributed by atoms with E-state index in [4.69, 9.17) is 5.21 Å². The molecule has 0 unspecified atom stereocenters. The van der Waals surface area contributed by atoms with Gasteiger partial charge in [0.1, 0.15) is 5.69 Å². The fourth-order valence-corrected chi connectivity index (χ4v) is 2.84. The van der Waals surface area contributed by atoms with E-state index in [1.807, 2.05) is 31.2 Å². The molecule has 1 fully saturated rings. The maximum atomic E-state index is 12.4. The van der Waals surface area contributed by atoms with E-state index in [2.05, 4.69) is 27.6 Å². The van der Waals surface area contributed by atoms with E-state index in [-0.39, 0.29) is 6.03 Å². The zero-order chi connectivity index (χ0) is 19.1. The zero-order valence-electron chi connectivity index (χ0n) is 15.2. The van der Waals surface area contributed by atoms with Gasteiger partial charge in [0.05, 0.1) is 5.69 Å². The molecule has 6 nitrogen and oxygen atoms in total. The van der Waals surface area contributed by atoms with Crippen molar-refractivity contribution in [1.29, 1.82) is 0 Å². The Bertz CT molecular complexity index is 902. The van der Waals surface area contributed by atoms with Gasteiger partial charge in [0.25, 0.3) is 0 Å². The number of likely N-dealkylation sites (tertiary alicyclic amines) is 1. The van der Waals surface area contributed by atoms with E-state index in [0.29, 0.717) is 24.5 Å². The molecule has 3 N–H and O–H groups in total. The second-order valence-electron chi connectivity index (χ2n) is 6.35. The van der Waals surface area contributed by atoms with Crippen LogP contribution in [0.3, 0.4) is 0 Å². The lowest BCUT2D eigenvalue weighted by Crippen LogP contribution is -2.39. The normalized spacial score (nSPS) is 13.4. The molecule has 2 amide bonds. The summed E-state index contributed by atoms with van der Waals surface area (Å²) in [4.78, 5) is 18.5. The summed E-state index contributed by atoms with van der Waals surface area (Å²) in [6.45, 7) is 3.25. The largest absolute Gasteiger partial charge is 0.324 e. The van der Waals surface area contributed by atoms with Gasteiger partial charge in [0.15, 0.2) is 0 Å². The number of rotatable bonds is 2. The number of hydrogen-bond acceptors (Lipinski definition) is 4. The van der Waals surface area contributed by atoms with Crippen molar-refractivity contribution < 1.29 is 10.0 Å². The van der Waals surface area contributed by atoms with E-state index in [1.54, 1.807) is 29.2 Å². The van der Waals surface area contributed by atoms with Crippen molar-refractivity contribution in [2.75, 3.05) is 23.9 Å². The smallest absolute Gasteiger partial charge is 0.321 e. The summed E-state index contributed by atoms with van der Waals surface area (Å²) in [5, 5.41) is 11.8. The van der Waals surface area contributed by atoms with Crippen molar-refractivity contribution in [1.82, 2.24) is 9.88 Å². The number of allylic oxidation sites excluding steroid dienone is 1. The third-order valence-electron chi connectivity index (χ3n) is 4.30. The van der Waals surface area contributed by atoms with Gasteiger partial charge in [-0.3, -0.25) is 10.7 Å². The lowest BCUT2D eigenvalue weighted by Gasteiger charge is -2.28. The summed E-state index contributed by atoms with van der Waals surface area (Å²) in [6, 6.07) is 12.6. The van der Waals surface area contributed by atoms with Gasteiger partial charge in [-0.05, 0) is 62.1 Å². The van der Waals surface area contributed by atoms with Gasteiger partial charge < -0.3 is 10.2 Å². The van der Waals surface area contributed by atoms with Gasteiger partial charge in [-0.1, -0.05) is 23.6 Å². The standard InChI is InChI=1S/C21H22N4O2/c1-16-5-2-7-18(22-16)8-3-6-17-11-13-25(14-12-17)21(26)23-19-9-4-10-20(15-19)24-27/h2,4-7,9-10,15,24,27H,11-14H2,1H3,(H,23,26). The zero-order valence-corrected chi connectivity index (χ0v) is 15.2. The Morgan fingerprint density at radius 3 is 2.67 bits per heavy atom. The fourth-order valence-electron chi connectivity index (χ4n) is 2.84. The number of aromatic nitrogens is 1. The highest BCUT2D eigenvalue weighted by atomic mass is 16.5. The topological polar surface area (TPSA) is 77.5 Å². The predicted octanol–water partition coefficient (Wildman–Crippen LogP) is 3.80. The Morgan fingerprint density at radius 1 is 1.19 bits per heavy atom. The van der Waals surface area contributed by atoms with E-state index in [1.165, 1.54) is 5.57 Å². The summed E-state index contributed by atoms with van der Waals surface area (Å²) in [6.07, 6.45) is 3.55. The van der Waals surface area contributed by atoms with Crippen LogP contribution in [-0.4, -0.2) is 34.2 Å². The lowest BCUT2D eigenvalue weighted by atomic mass is 10.0. The molecule has 1 aliphatic heterocycles. The van der Waals surface area contributed by atoms with Crippen LogP contribution < -0.4 is 10.8 Å². The van der Waals surface area contributed by atoms with Crippen molar-refractivity contribution in [3.63, 3.8) is 0 Å². The molecule has 0 atom stereocenters. The summed E-state index contributed by atoms with van der Waals surface area (Å²) in [5.74, 6) is 6.12.